The average Bonchev–Trinajstić information content (AvgIpc) is 2.47. The summed E-state index contributed by atoms with van der Waals surface area (Å²) in [4.78, 5) is 1.43. The van der Waals surface area contributed by atoms with Crippen LogP contribution in [0.1, 0.15) is 5.56 Å². The summed E-state index contributed by atoms with van der Waals surface area (Å²) >= 11 is 0. The van der Waals surface area contributed by atoms with Crippen molar-refractivity contribution < 1.29 is 26.0 Å². The fourth-order valence-corrected chi connectivity index (χ4v) is 3.29. The first-order chi connectivity index (χ1) is 10.7. The third-order valence-corrected chi connectivity index (χ3v) is 4.94. The molecule has 1 aromatic rings. The maximum atomic E-state index is 13.2. The summed E-state index contributed by atoms with van der Waals surface area (Å²) < 4.78 is 77.4. The van der Waals surface area contributed by atoms with Gasteiger partial charge in [-0.3, -0.25) is 4.90 Å². The highest BCUT2D eigenvalue weighted by molar-refractivity contribution is 7.89. The molecule has 0 amide bonds. The number of halogens is 4. The molecule has 0 spiro atoms. The molecule has 0 bridgehead atoms. The lowest BCUT2D eigenvalue weighted by molar-refractivity contribution is -0.140. The Morgan fingerprint density at radius 1 is 1.22 bits per heavy atom. The number of hydrogen-bond donors (Lipinski definition) is 2. The van der Waals surface area contributed by atoms with E-state index in [0.717, 1.165) is 32.2 Å². The normalized spacial score (nSPS) is 17.4. The van der Waals surface area contributed by atoms with Crippen molar-refractivity contribution in [3.05, 3.63) is 29.6 Å². The van der Waals surface area contributed by atoms with Crippen LogP contribution in [0.5, 0.6) is 0 Å². The quantitative estimate of drug-likeness (QED) is 0.775. The number of benzene rings is 1. The van der Waals surface area contributed by atoms with E-state index < -0.39 is 32.5 Å². The van der Waals surface area contributed by atoms with Gasteiger partial charge in [0, 0.05) is 39.3 Å². The van der Waals surface area contributed by atoms with Crippen LogP contribution in [0.3, 0.4) is 0 Å². The van der Waals surface area contributed by atoms with Crippen molar-refractivity contribution >= 4 is 10.0 Å². The Balaban J connectivity index is 2.04. The van der Waals surface area contributed by atoms with Crippen LogP contribution in [-0.4, -0.2) is 52.6 Å². The Bertz CT molecular complexity index is 643. The number of piperazine rings is 1. The van der Waals surface area contributed by atoms with E-state index >= 15 is 0 Å². The molecule has 130 valence electrons. The summed E-state index contributed by atoms with van der Waals surface area (Å²) in [5, 5.41) is 3.15. The van der Waals surface area contributed by atoms with Gasteiger partial charge >= 0.3 is 6.18 Å². The number of hydrogen-bond acceptors (Lipinski definition) is 4. The average molecular weight is 355 g/mol. The SMILES string of the molecule is O=S(=O)(NCCN1CCNCC1)c1ccc(F)c(C(F)(F)F)c1. The highest BCUT2D eigenvalue weighted by Crippen LogP contribution is 2.32. The minimum atomic E-state index is -4.95. The smallest absolute Gasteiger partial charge is 0.314 e. The van der Waals surface area contributed by atoms with Crippen LogP contribution in [-0.2, 0) is 16.2 Å². The topological polar surface area (TPSA) is 61.4 Å². The van der Waals surface area contributed by atoms with Crippen molar-refractivity contribution in [1.82, 2.24) is 14.9 Å². The Kier molecular flexibility index (Phi) is 5.61. The molecule has 2 N–H and O–H groups in total. The molecule has 2 rings (SSSR count). The molecule has 1 fully saturated rings. The molecule has 0 radical (unpaired) electrons. The van der Waals surface area contributed by atoms with Crippen molar-refractivity contribution in [3.8, 4) is 0 Å². The molecule has 1 saturated heterocycles. The van der Waals surface area contributed by atoms with Gasteiger partial charge < -0.3 is 5.32 Å². The second-order valence-electron chi connectivity index (χ2n) is 5.13. The predicted molar refractivity (Wildman–Crippen MR) is 75.9 cm³/mol. The molecule has 0 saturated carbocycles. The first kappa shape index (κ1) is 18.1. The molecule has 1 aliphatic rings. The molecular weight excluding hydrogens is 338 g/mol. The monoisotopic (exact) mass is 355 g/mol. The summed E-state index contributed by atoms with van der Waals surface area (Å²) in [6, 6.07) is 1.63. The van der Waals surface area contributed by atoms with E-state index in [1.165, 1.54) is 0 Å². The van der Waals surface area contributed by atoms with E-state index in [2.05, 4.69) is 10.0 Å². The van der Waals surface area contributed by atoms with Crippen molar-refractivity contribution in [2.45, 2.75) is 11.1 Å². The van der Waals surface area contributed by atoms with Gasteiger partial charge in [0.25, 0.3) is 0 Å². The number of nitrogens with zero attached hydrogens (tertiary/aromatic N) is 1. The predicted octanol–water partition coefficient (Wildman–Crippen LogP) is 1.03. The molecule has 1 aliphatic heterocycles. The Hall–Kier alpha value is -1.23. The second-order valence-corrected chi connectivity index (χ2v) is 6.90. The second kappa shape index (κ2) is 7.12. The molecule has 0 atom stereocenters. The summed E-state index contributed by atoms with van der Waals surface area (Å²) in [7, 11) is -4.12. The van der Waals surface area contributed by atoms with Crippen LogP contribution in [0.4, 0.5) is 17.6 Å². The van der Waals surface area contributed by atoms with Crippen LogP contribution in [0.25, 0.3) is 0 Å². The first-order valence-corrected chi connectivity index (χ1v) is 8.48. The zero-order valence-corrected chi connectivity index (χ0v) is 13.0. The number of rotatable bonds is 5. The Labute approximate surface area is 131 Å². The fraction of sp³-hybridized carbons (Fsp3) is 0.538. The van der Waals surface area contributed by atoms with Gasteiger partial charge in [-0.15, -0.1) is 0 Å². The lowest BCUT2D eigenvalue weighted by Crippen LogP contribution is -2.46. The molecule has 0 aromatic heterocycles. The molecule has 10 heteroatoms. The molecule has 0 aliphatic carbocycles. The molecule has 1 heterocycles. The Morgan fingerprint density at radius 3 is 2.48 bits per heavy atom. The van der Waals surface area contributed by atoms with Crippen LogP contribution >= 0.6 is 0 Å². The van der Waals surface area contributed by atoms with Crippen LogP contribution in [0, 0.1) is 5.82 Å². The zero-order chi connectivity index (χ0) is 17.1. The van der Waals surface area contributed by atoms with Gasteiger partial charge in [0.1, 0.15) is 5.82 Å². The van der Waals surface area contributed by atoms with Crippen LogP contribution < -0.4 is 10.0 Å². The van der Waals surface area contributed by atoms with E-state index in [1.807, 2.05) is 4.90 Å². The summed E-state index contributed by atoms with van der Waals surface area (Å²) in [6.45, 7) is 3.68. The van der Waals surface area contributed by atoms with Gasteiger partial charge in [0.05, 0.1) is 10.5 Å². The highest BCUT2D eigenvalue weighted by Gasteiger charge is 2.35. The van der Waals surface area contributed by atoms with E-state index in [-0.39, 0.29) is 6.54 Å². The van der Waals surface area contributed by atoms with Gasteiger partial charge in [-0.25, -0.2) is 17.5 Å². The molecule has 1 aromatic carbocycles. The van der Waals surface area contributed by atoms with Crippen LogP contribution in [0.15, 0.2) is 23.1 Å². The van der Waals surface area contributed by atoms with Crippen molar-refractivity contribution in [2.75, 3.05) is 39.3 Å². The summed E-state index contributed by atoms with van der Waals surface area (Å²) in [5.74, 6) is -1.50. The largest absolute Gasteiger partial charge is 0.419 e. The number of alkyl halides is 3. The number of sulfonamides is 1. The highest BCUT2D eigenvalue weighted by atomic mass is 32.2. The maximum absolute atomic E-state index is 13.2. The maximum Gasteiger partial charge on any atom is 0.419 e. The van der Waals surface area contributed by atoms with Crippen molar-refractivity contribution in [3.63, 3.8) is 0 Å². The lowest BCUT2D eigenvalue weighted by Gasteiger charge is -2.27. The molecule has 0 unspecified atom stereocenters. The molecule has 23 heavy (non-hydrogen) atoms. The third-order valence-electron chi connectivity index (χ3n) is 3.48. The van der Waals surface area contributed by atoms with Gasteiger partial charge in [0.15, 0.2) is 0 Å². The minimum absolute atomic E-state index is 0.0705. The van der Waals surface area contributed by atoms with Gasteiger partial charge in [-0.1, -0.05) is 0 Å². The number of nitrogens with one attached hydrogen (secondary N) is 2. The molecule has 5 nitrogen and oxygen atoms in total. The van der Waals surface area contributed by atoms with Crippen LogP contribution in [0.2, 0.25) is 0 Å². The summed E-state index contributed by atoms with van der Waals surface area (Å²) in [6.07, 6.45) is -4.95. The summed E-state index contributed by atoms with van der Waals surface area (Å²) in [5.41, 5.74) is -1.59. The fourth-order valence-electron chi connectivity index (χ4n) is 2.24. The molecular formula is C13H17F4N3O2S. The first-order valence-electron chi connectivity index (χ1n) is 6.99. The standard InChI is InChI=1S/C13H17F4N3O2S/c14-12-2-1-10(9-11(12)13(15,16)17)23(21,22)19-5-8-20-6-3-18-4-7-20/h1-2,9,18-19H,3-8H2. The zero-order valence-electron chi connectivity index (χ0n) is 12.2. The minimum Gasteiger partial charge on any atom is -0.314 e. The van der Waals surface area contributed by atoms with E-state index in [4.69, 9.17) is 0 Å². The third kappa shape index (κ3) is 4.87. The van der Waals surface area contributed by atoms with E-state index in [1.54, 1.807) is 0 Å². The van der Waals surface area contributed by atoms with E-state index in [9.17, 15) is 26.0 Å². The Morgan fingerprint density at radius 2 is 1.87 bits per heavy atom. The van der Waals surface area contributed by atoms with Crippen molar-refractivity contribution in [1.29, 1.82) is 0 Å². The van der Waals surface area contributed by atoms with Gasteiger partial charge in [0.2, 0.25) is 10.0 Å². The van der Waals surface area contributed by atoms with Gasteiger partial charge in [-0.05, 0) is 18.2 Å². The van der Waals surface area contributed by atoms with Gasteiger partial charge in [-0.2, -0.15) is 13.2 Å². The lowest BCUT2D eigenvalue weighted by atomic mass is 10.2. The van der Waals surface area contributed by atoms with E-state index in [0.29, 0.717) is 18.7 Å². The van der Waals surface area contributed by atoms with Crippen molar-refractivity contribution in [2.24, 2.45) is 0 Å².